The minimum atomic E-state index is -1.85. The molecule has 0 aromatic heterocycles. The molecule has 1 aliphatic heterocycles. The number of ether oxygens (including phenoxy) is 1. The number of benzene rings is 1. The first-order chi connectivity index (χ1) is 10.2. The summed E-state index contributed by atoms with van der Waals surface area (Å²) in [6, 6.07) is 10.5. The Kier molecular flexibility index (Phi) is 5.13. The average molecular weight is 320 g/mol. The fraction of sp³-hybridized carbons (Fsp3) is 0.611. The van der Waals surface area contributed by atoms with Gasteiger partial charge in [0.15, 0.2) is 0 Å². The van der Waals surface area contributed by atoms with Gasteiger partial charge in [0, 0.05) is 11.6 Å². The van der Waals surface area contributed by atoms with Gasteiger partial charge in [-0.25, -0.2) is 0 Å². The van der Waals surface area contributed by atoms with Crippen LogP contribution in [0, 0.1) is 11.8 Å². The lowest BCUT2D eigenvalue weighted by molar-refractivity contribution is -0.144. The SMILES string of the molecule is CC(C)C[C@H](N)[C@H]1OC(=O)[C@H](C)[C@@H]1[Si](C)(C)c1ccccc1. The molecule has 0 unspecified atom stereocenters. The number of rotatable bonds is 5. The summed E-state index contributed by atoms with van der Waals surface area (Å²) >= 11 is 0. The van der Waals surface area contributed by atoms with Crippen LogP contribution in [0.4, 0.5) is 0 Å². The highest BCUT2D eigenvalue weighted by atomic mass is 28.3. The van der Waals surface area contributed by atoms with Gasteiger partial charge in [0.2, 0.25) is 0 Å². The second kappa shape index (κ2) is 6.55. The molecule has 1 saturated heterocycles. The third-order valence-corrected chi connectivity index (χ3v) is 9.35. The Labute approximate surface area is 135 Å². The molecule has 3 nitrogen and oxygen atoms in total. The molecule has 2 rings (SSSR count). The van der Waals surface area contributed by atoms with Crippen LogP contribution in [0.3, 0.4) is 0 Å². The standard InChI is InChI=1S/C18H29NO2Si/c1-12(2)11-15(19)16-17(13(3)18(20)21-16)22(4,5)14-9-7-6-8-10-14/h6-10,12-13,15-17H,11,19H2,1-5H3/t13-,15+,16-,17+/m1/s1. The van der Waals surface area contributed by atoms with Crippen LogP contribution >= 0.6 is 0 Å². The molecule has 0 aliphatic carbocycles. The summed E-state index contributed by atoms with van der Waals surface area (Å²) < 4.78 is 5.73. The molecular formula is C18H29NO2Si. The first-order valence-corrected chi connectivity index (χ1v) is 11.3. The second-order valence-corrected chi connectivity index (χ2v) is 12.3. The van der Waals surface area contributed by atoms with Gasteiger partial charge in [0.25, 0.3) is 0 Å². The maximum atomic E-state index is 12.2. The number of carbonyl (C=O) groups excluding carboxylic acids is 1. The molecule has 0 bridgehead atoms. The van der Waals surface area contributed by atoms with Crippen LogP contribution in [0.5, 0.6) is 0 Å². The molecule has 1 fully saturated rings. The van der Waals surface area contributed by atoms with Gasteiger partial charge in [-0.3, -0.25) is 4.79 Å². The number of esters is 1. The zero-order valence-corrected chi connectivity index (χ0v) is 15.4. The smallest absolute Gasteiger partial charge is 0.309 e. The Morgan fingerprint density at radius 2 is 1.82 bits per heavy atom. The number of hydrogen-bond acceptors (Lipinski definition) is 3. The lowest BCUT2D eigenvalue weighted by Crippen LogP contribution is -2.54. The van der Waals surface area contributed by atoms with Gasteiger partial charge >= 0.3 is 5.97 Å². The summed E-state index contributed by atoms with van der Waals surface area (Å²) in [6.45, 7) is 11.0. The van der Waals surface area contributed by atoms with Crippen LogP contribution in [0.25, 0.3) is 0 Å². The van der Waals surface area contributed by atoms with Crippen LogP contribution < -0.4 is 10.9 Å². The summed E-state index contributed by atoms with van der Waals surface area (Å²) in [7, 11) is -1.85. The van der Waals surface area contributed by atoms with E-state index in [1.54, 1.807) is 0 Å². The summed E-state index contributed by atoms with van der Waals surface area (Å²) in [5, 5.41) is 1.37. The molecule has 1 aromatic rings. The van der Waals surface area contributed by atoms with E-state index in [-0.39, 0.29) is 29.6 Å². The summed E-state index contributed by atoms with van der Waals surface area (Å²) in [4.78, 5) is 12.2. The number of carbonyl (C=O) groups is 1. The van der Waals surface area contributed by atoms with Gasteiger partial charge in [0.05, 0.1) is 14.0 Å². The van der Waals surface area contributed by atoms with Gasteiger partial charge in [-0.15, -0.1) is 0 Å². The second-order valence-electron chi connectivity index (χ2n) is 7.60. The van der Waals surface area contributed by atoms with Crippen LogP contribution in [0.2, 0.25) is 18.6 Å². The van der Waals surface area contributed by atoms with Crippen molar-refractivity contribution < 1.29 is 9.53 Å². The van der Waals surface area contributed by atoms with E-state index in [0.29, 0.717) is 5.92 Å². The Balaban J connectivity index is 2.33. The van der Waals surface area contributed by atoms with Crippen molar-refractivity contribution >= 4 is 19.2 Å². The van der Waals surface area contributed by atoms with Gasteiger partial charge in [-0.05, 0) is 12.3 Å². The summed E-state index contributed by atoms with van der Waals surface area (Å²) in [5.41, 5.74) is 6.65. The fourth-order valence-corrected chi connectivity index (χ4v) is 7.83. The van der Waals surface area contributed by atoms with Gasteiger partial charge in [-0.2, -0.15) is 0 Å². The van der Waals surface area contributed by atoms with E-state index in [1.807, 2.05) is 13.0 Å². The van der Waals surface area contributed by atoms with E-state index < -0.39 is 8.07 Å². The molecule has 4 heteroatoms. The maximum Gasteiger partial charge on any atom is 0.309 e. The first kappa shape index (κ1) is 17.2. The zero-order chi connectivity index (χ0) is 16.5. The fourth-order valence-electron chi connectivity index (χ4n) is 3.87. The third kappa shape index (κ3) is 3.28. The van der Waals surface area contributed by atoms with Crippen molar-refractivity contribution in [2.24, 2.45) is 17.6 Å². The van der Waals surface area contributed by atoms with Gasteiger partial charge in [-0.1, -0.05) is 69.4 Å². The predicted molar refractivity (Wildman–Crippen MR) is 93.8 cm³/mol. The molecule has 22 heavy (non-hydrogen) atoms. The molecule has 1 heterocycles. The summed E-state index contributed by atoms with van der Waals surface area (Å²) in [6.07, 6.45) is 0.743. The lowest BCUT2D eigenvalue weighted by atomic mass is 9.95. The van der Waals surface area contributed by atoms with Crippen molar-refractivity contribution in [3.05, 3.63) is 30.3 Å². The largest absolute Gasteiger partial charge is 0.460 e. The van der Waals surface area contributed by atoms with E-state index in [0.717, 1.165) is 6.42 Å². The predicted octanol–water partition coefficient (Wildman–Crippen LogP) is 2.91. The molecule has 1 aromatic carbocycles. The lowest BCUT2D eigenvalue weighted by Gasteiger charge is -2.36. The Bertz CT molecular complexity index is 515. The van der Waals surface area contributed by atoms with Gasteiger partial charge < -0.3 is 10.5 Å². The molecule has 2 N–H and O–H groups in total. The van der Waals surface area contributed by atoms with Crippen molar-refractivity contribution in [2.45, 2.75) is 58.0 Å². The number of hydrogen-bond donors (Lipinski definition) is 1. The van der Waals surface area contributed by atoms with Crippen molar-refractivity contribution in [1.29, 1.82) is 0 Å². The quantitative estimate of drug-likeness (QED) is 0.670. The number of nitrogens with two attached hydrogens (primary N) is 1. The van der Waals surface area contributed by atoms with E-state index >= 15 is 0 Å². The van der Waals surface area contributed by atoms with E-state index in [4.69, 9.17) is 10.5 Å². The Morgan fingerprint density at radius 1 is 1.23 bits per heavy atom. The van der Waals surface area contributed by atoms with Crippen molar-refractivity contribution in [3.63, 3.8) is 0 Å². The summed E-state index contributed by atoms with van der Waals surface area (Å²) in [5.74, 6) is 0.363. The monoisotopic (exact) mass is 319 g/mol. The van der Waals surface area contributed by atoms with Crippen LogP contribution in [-0.4, -0.2) is 26.2 Å². The Hall–Kier alpha value is -1.13. The third-order valence-electron chi connectivity index (χ3n) is 5.03. The van der Waals surface area contributed by atoms with Crippen molar-refractivity contribution in [2.75, 3.05) is 0 Å². The highest BCUT2D eigenvalue weighted by Crippen LogP contribution is 2.42. The van der Waals surface area contributed by atoms with Crippen molar-refractivity contribution in [1.82, 2.24) is 0 Å². The zero-order valence-electron chi connectivity index (χ0n) is 14.4. The van der Waals surface area contributed by atoms with Gasteiger partial charge in [0.1, 0.15) is 6.10 Å². The molecule has 122 valence electrons. The van der Waals surface area contributed by atoms with Crippen LogP contribution in [0.1, 0.15) is 27.2 Å². The minimum absolute atomic E-state index is 0.0647. The van der Waals surface area contributed by atoms with Crippen molar-refractivity contribution in [3.8, 4) is 0 Å². The minimum Gasteiger partial charge on any atom is -0.460 e. The highest BCUT2D eigenvalue weighted by Gasteiger charge is 2.52. The van der Waals surface area contributed by atoms with E-state index in [2.05, 4.69) is 51.2 Å². The number of cyclic esters (lactones) is 1. The topological polar surface area (TPSA) is 52.3 Å². The molecule has 0 amide bonds. The average Bonchev–Trinajstić information content (AvgIpc) is 2.76. The molecule has 0 radical (unpaired) electrons. The maximum absolute atomic E-state index is 12.2. The Morgan fingerprint density at radius 3 is 2.36 bits per heavy atom. The van der Waals surface area contributed by atoms with E-state index in [1.165, 1.54) is 5.19 Å². The normalized spacial score (nSPS) is 27.0. The molecular weight excluding hydrogens is 290 g/mol. The van der Waals surface area contributed by atoms with Crippen LogP contribution in [0.15, 0.2) is 30.3 Å². The highest BCUT2D eigenvalue weighted by molar-refractivity contribution is 6.91. The molecule has 0 spiro atoms. The first-order valence-electron chi connectivity index (χ1n) is 8.26. The molecule has 4 atom stereocenters. The molecule has 1 aliphatic rings. The molecule has 0 saturated carbocycles. The van der Waals surface area contributed by atoms with E-state index in [9.17, 15) is 4.79 Å². The van der Waals surface area contributed by atoms with Crippen LogP contribution in [-0.2, 0) is 9.53 Å².